The number of ether oxygens (including phenoxy) is 1. The molecule has 0 bridgehead atoms. The molecule has 0 spiro atoms. The van der Waals surface area contributed by atoms with Gasteiger partial charge in [0, 0.05) is 44.1 Å². The molecule has 1 amide bonds. The summed E-state index contributed by atoms with van der Waals surface area (Å²) in [7, 11) is 0. The molecule has 1 aliphatic rings. The van der Waals surface area contributed by atoms with Crippen LogP contribution in [0.15, 0.2) is 60.7 Å². The normalized spacial score (nSPS) is 15.6. The highest BCUT2D eigenvalue weighted by Crippen LogP contribution is 2.11. The SMILES string of the molecule is O=C(CCCC(=O)c1ccccc1)NCC(Cc1ccccc1)N1CCOCC1. The number of hydrogen-bond acceptors (Lipinski definition) is 4. The van der Waals surface area contributed by atoms with Crippen LogP contribution in [0.4, 0.5) is 0 Å². The van der Waals surface area contributed by atoms with E-state index in [1.807, 2.05) is 48.5 Å². The van der Waals surface area contributed by atoms with E-state index in [1.54, 1.807) is 0 Å². The van der Waals surface area contributed by atoms with E-state index in [-0.39, 0.29) is 17.7 Å². The second-order valence-electron chi connectivity index (χ2n) is 7.44. The Kier molecular flexibility index (Phi) is 8.40. The highest BCUT2D eigenvalue weighted by Gasteiger charge is 2.22. The number of amides is 1. The molecule has 0 radical (unpaired) electrons. The Hall–Kier alpha value is -2.50. The molecular weight excluding hydrogens is 364 g/mol. The average Bonchev–Trinajstić information content (AvgIpc) is 2.78. The Labute approximate surface area is 173 Å². The lowest BCUT2D eigenvalue weighted by Gasteiger charge is -2.34. The van der Waals surface area contributed by atoms with Crippen LogP contribution in [0.1, 0.15) is 35.2 Å². The van der Waals surface area contributed by atoms with E-state index in [1.165, 1.54) is 5.56 Å². The fourth-order valence-electron chi connectivity index (χ4n) is 3.66. The highest BCUT2D eigenvalue weighted by atomic mass is 16.5. The fourth-order valence-corrected chi connectivity index (χ4v) is 3.66. The third-order valence-corrected chi connectivity index (χ3v) is 5.31. The Balaban J connectivity index is 1.45. The van der Waals surface area contributed by atoms with Gasteiger partial charge < -0.3 is 10.1 Å². The first-order chi connectivity index (χ1) is 14.2. The zero-order chi connectivity index (χ0) is 20.3. The van der Waals surface area contributed by atoms with Crippen LogP contribution in [0, 0.1) is 0 Å². The van der Waals surface area contributed by atoms with E-state index in [2.05, 4.69) is 22.3 Å². The smallest absolute Gasteiger partial charge is 0.220 e. The summed E-state index contributed by atoms with van der Waals surface area (Å²) >= 11 is 0. The summed E-state index contributed by atoms with van der Waals surface area (Å²) < 4.78 is 5.48. The third-order valence-electron chi connectivity index (χ3n) is 5.31. The van der Waals surface area contributed by atoms with Crippen LogP contribution in [0.2, 0.25) is 0 Å². The van der Waals surface area contributed by atoms with Gasteiger partial charge in [-0.3, -0.25) is 14.5 Å². The Bertz CT molecular complexity index is 758. The van der Waals surface area contributed by atoms with Crippen molar-refractivity contribution < 1.29 is 14.3 Å². The molecule has 2 aromatic carbocycles. The highest BCUT2D eigenvalue weighted by molar-refractivity contribution is 5.96. The first-order valence-electron chi connectivity index (χ1n) is 10.4. The minimum atomic E-state index is 0.0113. The van der Waals surface area contributed by atoms with Crippen molar-refractivity contribution in [1.29, 1.82) is 0 Å². The average molecular weight is 395 g/mol. The fraction of sp³-hybridized carbons (Fsp3) is 0.417. The summed E-state index contributed by atoms with van der Waals surface area (Å²) in [5.41, 5.74) is 1.98. The molecular formula is C24H30N2O3. The van der Waals surface area contributed by atoms with Gasteiger partial charge in [0.25, 0.3) is 0 Å². The van der Waals surface area contributed by atoms with E-state index in [0.29, 0.717) is 31.4 Å². The zero-order valence-corrected chi connectivity index (χ0v) is 16.9. The molecule has 29 heavy (non-hydrogen) atoms. The van der Waals surface area contributed by atoms with Crippen LogP contribution in [-0.2, 0) is 16.0 Å². The third kappa shape index (κ3) is 7.11. The Morgan fingerprint density at radius 1 is 0.931 bits per heavy atom. The van der Waals surface area contributed by atoms with Crippen LogP contribution in [-0.4, -0.2) is 55.5 Å². The Morgan fingerprint density at radius 3 is 2.28 bits per heavy atom. The number of rotatable bonds is 10. The molecule has 154 valence electrons. The van der Waals surface area contributed by atoms with Crippen molar-refractivity contribution in [3.8, 4) is 0 Å². The van der Waals surface area contributed by atoms with Gasteiger partial charge in [0.15, 0.2) is 5.78 Å². The zero-order valence-electron chi connectivity index (χ0n) is 16.9. The summed E-state index contributed by atoms with van der Waals surface area (Å²) in [4.78, 5) is 26.9. The molecule has 5 heteroatoms. The van der Waals surface area contributed by atoms with Crippen LogP contribution in [0.3, 0.4) is 0 Å². The molecule has 3 rings (SSSR count). The molecule has 0 aromatic heterocycles. The van der Waals surface area contributed by atoms with Gasteiger partial charge in [-0.2, -0.15) is 0 Å². The number of Topliss-reactive ketones (excluding diaryl/α,β-unsaturated/α-hetero) is 1. The summed E-state index contributed by atoms with van der Waals surface area (Å²) in [6.45, 7) is 3.86. The second kappa shape index (κ2) is 11.5. The van der Waals surface area contributed by atoms with Crippen molar-refractivity contribution in [2.45, 2.75) is 31.7 Å². The number of benzene rings is 2. The quantitative estimate of drug-likeness (QED) is 0.629. The first-order valence-corrected chi connectivity index (χ1v) is 10.4. The number of nitrogens with zero attached hydrogens (tertiary/aromatic N) is 1. The second-order valence-corrected chi connectivity index (χ2v) is 7.44. The van der Waals surface area contributed by atoms with Gasteiger partial charge in [0.05, 0.1) is 13.2 Å². The van der Waals surface area contributed by atoms with Gasteiger partial charge >= 0.3 is 0 Å². The van der Waals surface area contributed by atoms with Gasteiger partial charge in [-0.15, -0.1) is 0 Å². The van der Waals surface area contributed by atoms with E-state index >= 15 is 0 Å². The van der Waals surface area contributed by atoms with E-state index in [4.69, 9.17) is 4.74 Å². The number of hydrogen-bond donors (Lipinski definition) is 1. The van der Waals surface area contributed by atoms with Crippen LogP contribution in [0.25, 0.3) is 0 Å². The summed E-state index contributed by atoms with van der Waals surface area (Å²) in [5, 5.41) is 3.08. The van der Waals surface area contributed by atoms with Gasteiger partial charge in [-0.1, -0.05) is 60.7 Å². The topological polar surface area (TPSA) is 58.6 Å². The maximum atomic E-state index is 12.3. The van der Waals surface area contributed by atoms with E-state index in [9.17, 15) is 9.59 Å². The molecule has 1 saturated heterocycles. The summed E-state index contributed by atoms with van der Waals surface area (Å²) in [6, 6.07) is 19.9. The largest absolute Gasteiger partial charge is 0.379 e. The molecule has 5 nitrogen and oxygen atoms in total. The van der Waals surface area contributed by atoms with Crippen molar-refractivity contribution >= 4 is 11.7 Å². The minimum absolute atomic E-state index is 0.0113. The van der Waals surface area contributed by atoms with Gasteiger partial charge in [0.2, 0.25) is 5.91 Å². The van der Waals surface area contributed by atoms with Crippen molar-refractivity contribution in [3.63, 3.8) is 0 Å². The van der Waals surface area contributed by atoms with Gasteiger partial charge in [0.1, 0.15) is 0 Å². The monoisotopic (exact) mass is 394 g/mol. The van der Waals surface area contributed by atoms with Crippen molar-refractivity contribution in [2.75, 3.05) is 32.8 Å². The number of carbonyl (C=O) groups excluding carboxylic acids is 2. The first kappa shape index (κ1) is 21.2. The number of morpholine rings is 1. The van der Waals surface area contributed by atoms with Gasteiger partial charge in [-0.05, 0) is 18.4 Å². The van der Waals surface area contributed by atoms with Crippen molar-refractivity contribution in [3.05, 3.63) is 71.8 Å². The number of nitrogens with one attached hydrogen (secondary N) is 1. The predicted molar refractivity (Wildman–Crippen MR) is 114 cm³/mol. The van der Waals surface area contributed by atoms with E-state index in [0.717, 1.165) is 32.7 Å². The molecule has 1 atom stereocenters. The molecule has 2 aromatic rings. The van der Waals surface area contributed by atoms with Crippen molar-refractivity contribution in [1.82, 2.24) is 10.2 Å². The maximum absolute atomic E-state index is 12.3. The lowest BCUT2D eigenvalue weighted by Crippen LogP contribution is -2.49. The summed E-state index contributed by atoms with van der Waals surface area (Å²) in [6.07, 6.45) is 2.24. The predicted octanol–water partition coefficient (Wildman–Crippen LogP) is 3.10. The van der Waals surface area contributed by atoms with Crippen LogP contribution < -0.4 is 5.32 Å². The Morgan fingerprint density at radius 2 is 1.59 bits per heavy atom. The molecule has 0 aliphatic carbocycles. The molecule has 0 saturated carbocycles. The van der Waals surface area contributed by atoms with Crippen LogP contribution in [0.5, 0.6) is 0 Å². The lowest BCUT2D eigenvalue weighted by atomic mass is 10.0. The number of ketones is 1. The molecule has 1 N–H and O–H groups in total. The molecule has 1 aliphatic heterocycles. The molecule has 1 fully saturated rings. The van der Waals surface area contributed by atoms with Crippen molar-refractivity contribution in [2.24, 2.45) is 0 Å². The lowest BCUT2D eigenvalue weighted by molar-refractivity contribution is -0.121. The standard InChI is InChI=1S/C24H30N2O3/c27-23(21-10-5-2-6-11-21)12-7-13-24(28)25-19-22(26-14-16-29-17-15-26)18-20-8-3-1-4-9-20/h1-6,8-11,22H,7,12-19H2,(H,25,28). The van der Waals surface area contributed by atoms with Crippen LogP contribution >= 0.6 is 0 Å². The molecule has 1 heterocycles. The molecule has 1 unspecified atom stereocenters. The number of carbonyl (C=O) groups is 2. The minimum Gasteiger partial charge on any atom is -0.379 e. The maximum Gasteiger partial charge on any atom is 0.220 e. The summed E-state index contributed by atoms with van der Waals surface area (Å²) in [5.74, 6) is 0.103. The van der Waals surface area contributed by atoms with E-state index < -0.39 is 0 Å². The van der Waals surface area contributed by atoms with Gasteiger partial charge in [-0.25, -0.2) is 0 Å².